The molecular weight excluding hydrogens is 256 g/mol. The van der Waals surface area contributed by atoms with Crippen LogP contribution in [0.15, 0.2) is 66.7 Å². The average Bonchev–Trinajstić information content (AvgIpc) is 2.47. The molecule has 0 N–H and O–H groups in total. The molecule has 0 saturated carbocycles. The van der Waals surface area contributed by atoms with Gasteiger partial charge in [-0.05, 0) is 0 Å². The Morgan fingerprint density at radius 3 is 2.22 bits per heavy atom. The summed E-state index contributed by atoms with van der Waals surface area (Å²) in [6.45, 7) is 0. The Bertz CT molecular complexity index is 677. The van der Waals surface area contributed by atoms with Crippen LogP contribution in [0.5, 0.6) is 5.75 Å². The molecule has 0 heterocycles. The molecule has 3 rings (SSSR count). The van der Waals surface area contributed by atoms with Crippen molar-refractivity contribution in [3.63, 3.8) is 0 Å². The first-order valence-corrected chi connectivity index (χ1v) is 6.44. The Kier molecular flexibility index (Phi) is 3.18. The zero-order valence-electron chi connectivity index (χ0n) is 9.76. The van der Waals surface area contributed by atoms with E-state index in [1.807, 2.05) is 12.1 Å². The van der Waals surface area contributed by atoms with E-state index >= 15 is 0 Å². The number of rotatable bonds is 2. The topological polar surface area (TPSA) is 9.23 Å². The number of fused-ring (bicyclic) bond motifs is 1. The summed E-state index contributed by atoms with van der Waals surface area (Å²) in [4.78, 5) is 0. The van der Waals surface area contributed by atoms with Crippen LogP contribution in [0.3, 0.4) is 0 Å². The van der Waals surface area contributed by atoms with E-state index in [-0.39, 0.29) is 0 Å². The maximum atomic E-state index is 5.51. The van der Waals surface area contributed by atoms with Gasteiger partial charge in [0.05, 0.1) is 0 Å². The third kappa shape index (κ3) is 1.96. The number of hydrogen-bond donors (Lipinski definition) is 0. The summed E-state index contributed by atoms with van der Waals surface area (Å²) < 4.78 is 5.51. The van der Waals surface area contributed by atoms with Gasteiger partial charge in [0.15, 0.2) is 0 Å². The fourth-order valence-electron chi connectivity index (χ4n) is 2.24. The summed E-state index contributed by atoms with van der Waals surface area (Å²) in [5, 5.41) is 2.46. The van der Waals surface area contributed by atoms with Crippen molar-refractivity contribution < 1.29 is 24.1 Å². The zero-order chi connectivity index (χ0) is 12.4. The molecule has 0 aliphatic heterocycles. The second kappa shape index (κ2) is 4.97. The first-order chi connectivity index (χ1) is 8.90. The van der Waals surface area contributed by atoms with E-state index < -0.39 is 0 Å². The van der Waals surface area contributed by atoms with E-state index in [1.165, 1.54) is 16.3 Å². The van der Waals surface area contributed by atoms with Crippen molar-refractivity contribution in [3.05, 3.63) is 66.7 Å². The molecular formula is C16H11OTi. The summed E-state index contributed by atoms with van der Waals surface area (Å²) in [5.74, 6) is 0.917. The van der Waals surface area contributed by atoms with Gasteiger partial charge < -0.3 is 0 Å². The molecule has 0 amide bonds. The Labute approximate surface area is 118 Å². The molecule has 0 spiro atoms. The molecule has 0 fully saturated rings. The van der Waals surface area contributed by atoms with Crippen LogP contribution in [0, 0.1) is 0 Å². The third-order valence-corrected chi connectivity index (χ3v) is 3.41. The van der Waals surface area contributed by atoms with Gasteiger partial charge in [0.1, 0.15) is 0 Å². The zero-order valence-corrected chi connectivity index (χ0v) is 11.3. The van der Waals surface area contributed by atoms with Crippen LogP contribution in [0.2, 0.25) is 0 Å². The van der Waals surface area contributed by atoms with Crippen molar-refractivity contribution >= 4 is 10.8 Å². The van der Waals surface area contributed by atoms with Gasteiger partial charge in [0, 0.05) is 0 Å². The molecule has 3 aromatic carbocycles. The normalized spacial score (nSPS) is 10.4. The van der Waals surface area contributed by atoms with Gasteiger partial charge in [-0.15, -0.1) is 0 Å². The molecule has 0 saturated heterocycles. The number of hydrogen-bond acceptors (Lipinski definition) is 1. The fraction of sp³-hybridized carbons (Fsp3) is 0. The van der Waals surface area contributed by atoms with Gasteiger partial charge in [0.2, 0.25) is 0 Å². The summed E-state index contributed by atoms with van der Waals surface area (Å²) in [6.07, 6.45) is 0. The second-order valence-electron chi connectivity index (χ2n) is 4.13. The van der Waals surface area contributed by atoms with Gasteiger partial charge in [-0.1, -0.05) is 0 Å². The molecule has 0 aromatic heterocycles. The van der Waals surface area contributed by atoms with Crippen LogP contribution in [0.25, 0.3) is 21.9 Å². The van der Waals surface area contributed by atoms with Gasteiger partial charge in [0.25, 0.3) is 0 Å². The minimum absolute atomic E-state index is 0.917. The summed E-state index contributed by atoms with van der Waals surface area (Å²) in [5.41, 5.74) is 2.35. The van der Waals surface area contributed by atoms with Crippen LogP contribution in [-0.2, 0) is 20.8 Å². The van der Waals surface area contributed by atoms with E-state index in [0.717, 1.165) is 11.3 Å². The van der Waals surface area contributed by atoms with Gasteiger partial charge in [-0.3, -0.25) is 0 Å². The minimum atomic E-state index is 0.917. The molecule has 85 valence electrons. The van der Waals surface area contributed by atoms with Crippen LogP contribution in [0.4, 0.5) is 0 Å². The number of benzene rings is 3. The molecule has 0 bridgehead atoms. The van der Waals surface area contributed by atoms with E-state index in [2.05, 4.69) is 54.6 Å². The van der Waals surface area contributed by atoms with Crippen molar-refractivity contribution in [2.24, 2.45) is 0 Å². The second-order valence-corrected chi connectivity index (χ2v) is 4.45. The van der Waals surface area contributed by atoms with E-state index in [1.54, 1.807) is 20.8 Å². The molecule has 18 heavy (non-hydrogen) atoms. The van der Waals surface area contributed by atoms with Crippen LogP contribution >= 0.6 is 0 Å². The monoisotopic (exact) mass is 267 g/mol. The summed E-state index contributed by atoms with van der Waals surface area (Å²) in [7, 11) is 0. The van der Waals surface area contributed by atoms with Gasteiger partial charge >= 0.3 is 119 Å². The average molecular weight is 267 g/mol. The fourth-order valence-corrected chi connectivity index (χ4v) is 2.50. The predicted octanol–water partition coefficient (Wildman–Crippen LogP) is 4.35. The molecule has 0 atom stereocenters. The Morgan fingerprint density at radius 1 is 0.722 bits per heavy atom. The Morgan fingerprint density at radius 2 is 1.44 bits per heavy atom. The molecule has 0 unspecified atom stereocenters. The van der Waals surface area contributed by atoms with Crippen molar-refractivity contribution in [1.82, 2.24) is 0 Å². The van der Waals surface area contributed by atoms with Crippen molar-refractivity contribution in [2.75, 3.05) is 0 Å². The first-order valence-electron chi connectivity index (χ1n) is 5.81. The maximum absolute atomic E-state index is 5.51. The van der Waals surface area contributed by atoms with Gasteiger partial charge in [-0.25, -0.2) is 0 Å². The molecule has 3 aromatic rings. The molecule has 2 heteroatoms. The molecule has 0 aliphatic carbocycles. The quantitative estimate of drug-likeness (QED) is 0.627. The van der Waals surface area contributed by atoms with Crippen molar-refractivity contribution in [3.8, 4) is 16.9 Å². The third-order valence-electron chi connectivity index (χ3n) is 3.06. The van der Waals surface area contributed by atoms with E-state index in [4.69, 9.17) is 3.32 Å². The van der Waals surface area contributed by atoms with Crippen LogP contribution in [-0.4, -0.2) is 0 Å². The van der Waals surface area contributed by atoms with E-state index in [0.29, 0.717) is 0 Å². The molecule has 1 nitrogen and oxygen atoms in total. The van der Waals surface area contributed by atoms with Crippen molar-refractivity contribution in [2.45, 2.75) is 0 Å². The van der Waals surface area contributed by atoms with Crippen molar-refractivity contribution in [1.29, 1.82) is 0 Å². The first kappa shape index (κ1) is 11.5. The standard InChI is InChI=1S/C16H12O.Ti/c17-15-11-10-12-6-4-5-9-14(12)16(15)13-7-2-1-3-8-13;/h1-11,17H;/q;+1/p-1. The molecule has 0 aliphatic rings. The molecule has 0 radical (unpaired) electrons. The van der Waals surface area contributed by atoms with Gasteiger partial charge in [-0.2, -0.15) is 0 Å². The Balaban J connectivity index is 2.38. The van der Waals surface area contributed by atoms with E-state index in [9.17, 15) is 0 Å². The predicted molar refractivity (Wildman–Crippen MR) is 70.0 cm³/mol. The van der Waals surface area contributed by atoms with Crippen LogP contribution < -0.4 is 3.32 Å². The van der Waals surface area contributed by atoms with Crippen LogP contribution in [0.1, 0.15) is 0 Å². The summed E-state index contributed by atoms with van der Waals surface area (Å²) >= 11 is 1.72. The summed E-state index contributed by atoms with van der Waals surface area (Å²) in [6, 6.07) is 22.9. The Hall–Kier alpha value is -1.57. The SMILES string of the molecule is [Ti][O]c1ccc2ccccc2c1-c1ccccc1.